The second-order valence-electron chi connectivity index (χ2n) is 6.15. The molecule has 2 heterocycles. The normalized spacial score (nSPS) is 30.9. The van der Waals surface area contributed by atoms with Crippen molar-refractivity contribution in [2.45, 2.75) is 51.6 Å². The molecule has 2 bridgehead atoms. The van der Waals surface area contributed by atoms with E-state index in [-0.39, 0.29) is 11.5 Å². The van der Waals surface area contributed by atoms with Crippen LogP contribution in [0.2, 0.25) is 0 Å². The number of carboxylic acid groups (broad SMARTS) is 1. The molecular weight excluding hydrogens is 256 g/mol. The Kier molecular flexibility index (Phi) is 4.48. The van der Waals surface area contributed by atoms with E-state index in [0.717, 1.165) is 12.8 Å². The predicted octanol–water partition coefficient (Wildman–Crippen LogP) is 1.40. The quantitative estimate of drug-likeness (QED) is 0.764. The minimum Gasteiger partial charge on any atom is -0.478 e. The number of carbonyl (C=O) groups excluding carboxylic acids is 1. The highest BCUT2D eigenvalue weighted by Crippen LogP contribution is 2.36. The lowest BCUT2D eigenvalue weighted by Gasteiger charge is -2.36. The van der Waals surface area contributed by atoms with Gasteiger partial charge in [-0.25, -0.2) is 4.79 Å². The fourth-order valence-electron chi connectivity index (χ4n) is 3.39. The van der Waals surface area contributed by atoms with Gasteiger partial charge < -0.3 is 15.3 Å². The fourth-order valence-corrected chi connectivity index (χ4v) is 3.39. The minimum absolute atomic E-state index is 0.117. The summed E-state index contributed by atoms with van der Waals surface area (Å²) in [6.07, 6.45) is 4.80. The van der Waals surface area contributed by atoms with E-state index >= 15 is 0 Å². The molecule has 5 nitrogen and oxygen atoms in total. The molecule has 2 saturated heterocycles. The molecule has 0 saturated carbocycles. The topological polar surface area (TPSA) is 69.6 Å². The molecule has 2 aliphatic rings. The van der Waals surface area contributed by atoms with Crippen LogP contribution in [0, 0.1) is 5.92 Å². The summed E-state index contributed by atoms with van der Waals surface area (Å²) in [7, 11) is 2.19. The van der Waals surface area contributed by atoms with Gasteiger partial charge in [0.15, 0.2) is 0 Å². The van der Waals surface area contributed by atoms with E-state index < -0.39 is 5.97 Å². The van der Waals surface area contributed by atoms with Gasteiger partial charge in [0, 0.05) is 29.8 Å². The maximum absolute atomic E-state index is 11.9. The van der Waals surface area contributed by atoms with Gasteiger partial charge in [0.2, 0.25) is 5.91 Å². The molecule has 2 fully saturated rings. The number of aliphatic carboxylic acids is 1. The van der Waals surface area contributed by atoms with Gasteiger partial charge in [-0.1, -0.05) is 0 Å². The standard InChI is InChI=1S/C15H24N2O3/c1-9(10(2)15(19)20)14(18)16-8-11-6-12-4-5-13(7-11)17(12)3/h11-13H,4-8H2,1-3H3,(H,16,18)(H,19,20). The third-order valence-corrected chi connectivity index (χ3v) is 4.97. The van der Waals surface area contributed by atoms with Gasteiger partial charge in [-0.15, -0.1) is 0 Å². The lowest BCUT2D eigenvalue weighted by Crippen LogP contribution is -2.43. The van der Waals surface area contributed by atoms with Crippen molar-refractivity contribution in [3.05, 3.63) is 11.1 Å². The Balaban J connectivity index is 1.86. The van der Waals surface area contributed by atoms with Crippen molar-refractivity contribution < 1.29 is 14.7 Å². The first-order valence-corrected chi connectivity index (χ1v) is 7.31. The number of carboxylic acids is 1. The van der Waals surface area contributed by atoms with E-state index in [0.29, 0.717) is 30.1 Å². The third-order valence-electron chi connectivity index (χ3n) is 4.97. The Hall–Kier alpha value is -1.36. The molecule has 5 heteroatoms. The Labute approximate surface area is 120 Å². The van der Waals surface area contributed by atoms with E-state index in [2.05, 4.69) is 17.3 Å². The Morgan fingerprint density at radius 2 is 1.70 bits per heavy atom. The summed E-state index contributed by atoms with van der Waals surface area (Å²) >= 11 is 0. The Bertz CT molecular complexity index is 430. The number of piperidine rings is 1. The van der Waals surface area contributed by atoms with E-state index in [1.807, 2.05) is 0 Å². The summed E-state index contributed by atoms with van der Waals surface area (Å²) in [6.45, 7) is 3.69. The predicted molar refractivity (Wildman–Crippen MR) is 76.3 cm³/mol. The SMILES string of the molecule is CC(C(=O)O)=C(C)C(=O)NCC1CC2CCC(C1)N2C. The maximum atomic E-state index is 11.9. The number of nitrogens with one attached hydrogen (secondary N) is 1. The van der Waals surface area contributed by atoms with Gasteiger partial charge in [-0.05, 0) is 52.5 Å². The average molecular weight is 280 g/mol. The van der Waals surface area contributed by atoms with Gasteiger partial charge in [-0.2, -0.15) is 0 Å². The van der Waals surface area contributed by atoms with E-state index in [9.17, 15) is 9.59 Å². The van der Waals surface area contributed by atoms with Gasteiger partial charge in [-0.3, -0.25) is 4.79 Å². The van der Waals surface area contributed by atoms with Crippen LogP contribution in [0.5, 0.6) is 0 Å². The third kappa shape index (κ3) is 3.03. The highest BCUT2D eigenvalue weighted by Gasteiger charge is 2.38. The van der Waals surface area contributed by atoms with Gasteiger partial charge in [0.05, 0.1) is 0 Å². The molecule has 2 rings (SSSR count). The molecule has 0 spiro atoms. The summed E-state index contributed by atoms with van der Waals surface area (Å²) in [5, 5.41) is 11.8. The van der Waals surface area contributed by atoms with Crippen LogP contribution < -0.4 is 5.32 Å². The Morgan fingerprint density at radius 1 is 1.15 bits per heavy atom. The maximum Gasteiger partial charge on any atom is 0.331 e. The summed E-state index contributed by atoms with van der Waals surface area (Å²) in [5.41, 5.74) is 0.416. The van der Waals surface area contributed by atoms with Crippen LogP contribution in [-0.2, 0) is 9.59 Å². The van der Waals surface area contributed by atoms with Crippen molar-refractivity contribution >= 4 is 11.9 Å². The first kappa shape index (κ1) is 15.0. The van der Waals surface area contributed by atoms with Crippen molar-refractivity contribution in [3.63, 3.8) is 0 Å². The first-order chi connectivity index (χ1) is 9.40. The number of fused-ring (bicyclic) bond motifs is 2. The number of amides is 1. The van der Waals surface area contributed by atoms with Crippen LogP contribution in [-0.4, -0.2) is 47.6 Å². The molecule has 0 aromatic rings. The smallest absolute Gasteiger partial charge is 0.331 e. The summed E-state index contributed by atoms with van der Waals surface area (Å²) < 4.78 is 0. The molecule has 0 radical (unpaired) electrons. The van der Waals surface area contributed by atoms with Crippen molar-refractivity contribution in [3.8, 4) is 0 Å². The molecule has 20 heavy (non-hydrogen) atoms. The second-order valence-corrected chi connectivity index (χ2v) is 6.15. The highest BCUT2D eigenvalue weighted by atomic mass is 16.4. The Morgan fingerprint density at radius 3 is 2.20 bits per heavy atom. The lowest BCUT2D eigenvalue weighted by atomic mass is 9.91. The zero-order valence-electron chi connectivity index (χ0n) is 12.5. The summed E-state index contributed by atoms with van der Waals surface area (Å²) in [4.78, 5) is 25.2. The molecule has 2 atom stereocenters. The number of hydrogen-bond donors (Lipinski definition) is 2. The van der Waals surface area contributed by atoms with Gasteiger partial charge in [0.25, 0.3) is 0 Å². The van der Waals surface area contributed by atoms with Crippen LogP contribution in [0.4, 0.5) is 0 Å². The van der Waals surface area contributed by atoms with Crippen molar-refractivity contribution in [2.75, 3.05) is 13.6 Å². The molecule has 0 aromatic heterocycles. The molecule has 2 unspecified atom stereocenters. The zero-order valence-corrected chi connectivity index (χ0v) is 12.5. The number of rotatable bonds is 4. The van der Waals surface area contributed by atoms with E-state index in [1.54, 1.807) is 6.92 Å². The largest absolute Gasteiger partial charge is 0.478 e. The lowest BCUT2D eigenvalue weighted by molar-refractivity contribution is -0.133. The van der Waals surface area contributed by atoms with Gasteiger partial charge >= 0.3 is 5.97 Å². The molecule has 0 aliphatic carbocycles. The van der Waals surface area contributed by atoms with Crippen LogP contribution >= 0.6 is 0 Å². The zero-order chi connectivity index (χ0) is 14.9. The molecule has 0 aromatic carbocycles. The van der Waals surface area contributed by atoms with Crippen LogP contribution in [0.25, 0.3) is 0 Å². The molecule has 2 N–H and O–H groups in total. The number of hydrogen-bond acceptors (Lipinski definition) is 3. The highest BCUT2D eigenvalue weighted by molar-refractivity contribution is 6.01. The fraction of sp³-hybridized carbons (Fsp3) is 0.733. The van der Waals surface area contributed by atoms with Gasteiger partial charge in [0.1, 0.15) is 0 Å². The van der Waals surface area contributed by atoms with Crippen LogP contribution in [0.1, 0.15) is 39.5 Å². The van der Waals surface area contributed by atoms with Crippen molar-refractivity contribution in [2.24, 2.45) is 5.92 Å². The van der Waals surface area contributed by atoms with Crippen LogP contribution in [0.15, 0.2) is 11.1 Å². The monoisotopic (exact) mass is 280 g/mol. The van der Waals surface area contributed by atoms with E-state index in [1.165, 1.54) is 19.8 Å². The summed E-state index contributed by atoms with van der Waals surface area (Å²) in [5.74, 6) is -0.767. The van der Waals surface area contributed by atoms with E-state index in [4.69, 9.17) is 5.11 Å². The van der Waals surface area contributed by atoms with Crippen LogP contribution in [0.3, 0.4) is 0 Å². The summed E-state index contributed by atoms with van der Waals surface area (Å²) in [6, 6.07) is 1.32. The molecular formula is C15H24N2O3. The first-order valence-electron chi connectivity index (χ1n) is 7.31. The molecule has 2 aliphatic heterocycles. The molecule has 1 amide bonds. The molecule has 112 valence electrons. The van der Waals surface area contributed by atoms with Crippen molar-refractivity contribution in [1.82, 2.24) is 10.2 Å². The second kappa shape index (κ2) is 5.95. The average Bonchev–Trinajstić information content (AvgIpc) is 2.66. The van der Waals surface area contributed by atoms with Crippen molar-refractivity contribution in [1.29, 1.82) is 0 Å². The number of nitrogens with zero attached hydrogens (tertiary/aromatic N) is 1. The number of carbonyl (C=O) groups is 2. The minimum atomic E-state index is -1.03.